The van der Waals surface area contributed by atoms with Crippen LogP contribution in [0, 0.1) is 10.5 Å². The number of rotatable bonds is 20. The molecule has 0 bridgehead atoms. The van der Waals surface area contributed by atoms with Gasteiger partial charge in [0.25, 0.3) is 0 Å². The molecule has 1 aromatic carbocycles. The molecule has 1 rings (SSSR count). The molecule has 0 aliphatic carbocycles. The summed E-state index contributed by atoms with van der Waals surface area (Å²) in [5.74, 6) is 0. The molecule has 6 nitrogen and oxygen atoms in total. The van der Waals surface area contributed by atoms with Gasteiger partial charge in [0.2, 0.25) is 0 Å². The number of nitrogens with zero attached hydrogens (tertiary/aromatic N) is 1. The van der Waals surface area contributed by atoms with Gasteiger partial charge in [0.15, 0.2) is 0 Å². The summed E-state index contributed by atoms with van der Waals surface area (Å²) in [6.45, 7) is 15.4. The van der Waals surface area contributed by atoms with E-state index < -0.39 is 0 Å². The Morgan fingerprint density at radius 3 is 2.00 bits per heavy atom. The van der Waals surface area contributed by atoms with E-state index in [9.17, 15) is 0 Å². The Morgan fingerprint density at radius 1 is 0.833 bits per heavy atom. The topological polar surface area (TPSA) is 52.2 Å². The van der Waals surface area contributed by atoms with Crippen LogP contribution in [0.3, 0.4) is 0 Å². The Bertz CT molecular complexity index is 534. The van der Waals surface area contributed by atoms with Gasteiger partial charge in [-0.05, 0) is 73.2 Å². The Hall–Kier alpha value is -0.450. The van der Waals surface area contributed by atoms with E-state index in [4.69, 9.17) is 18.9 Å². The lowest BCUT2D eigenvalue weighted by Gasteiger charge is -2.23. The summed E-state index contributed by atoms with van der Waals surface area (Å²) in [6.07, 6.45) is 2.44. The molecular weight excluding hydrogens is 495 g/mol. The number of anilines is 1. The van der Waals surface area contributed by atoms with Crippen LogP contribution >= 0.6 is 22.6 Å². The van der Waals surface area contributed by atoms with Crippen molar-refractivity contribution in [3.8, 4) is 0 Å². The number of nitrogens with one attached hydrogen (secondary N) is 1. The maximum absolute atomic E-state index is 5.71. The second-order valence-corrected chi connectivity index (χ2v) is 8.23. The van der Waals surface area contributed by atoms with E-state index in [0.717, 1.165) is 32.8 Å². The molecule has 0 fully saturated rings. The summed E-state index contributed by atoms with van der Waals surface area (Å²) in [7, 11) is 0. The molecule has 0 spiro atoms. The first kappa shape index (κ1) is 27.6. The highest BCUT2D eigenvalue weighted by Gasteiger charge is 2.05. The van der Waals surface area contributed by atoms with Crippen molar-refractivity contribution in [2.75, 3.05) is 83.9 Å². The molecule has 0 radical (unpaired) electrons. The fraction of sp³-hybridized carbons (Fsp3) is 0.739. The lowest BCUT2D eigenvalue weighted by atomic mass is 10.2. The van der Waals surface area contributed by atoms with Crippen LogP contribution in [-0.2, 0) is 18.9 Å². The normalized spacial score (nSPS) is 11.2. The molecule has 7 heteroatoms. The summed E-state index contributed by atoms with van der Waals surface area (Å²) < 4.78 is 23.6. The Labute approximate surface area is 197 Å². The number of hydrogen-bond acceptors (Lipinski definition) is 6. The van der Waals surface area contributed by atoms with Gasteiger partial charge >= 0.3 is 0 Å². The van der Waals surface area contributed by atoms with Crippen molar-refractivity contribution in [3.63, 3.8) is 0 Å². The van der Waals surface area contributed by atoms with Crippen molar-refractivity contribution >= 4 is 28.3 Å². The predicted octanol–water partition coefficient (Wildman–Crippen LogP) is 3.88. The zero-order valence-corrected chi connectivity index (χ0v) is 21.2. The van der Waals surface area contributed by atoms with Crippen molar-refractivity contribution in [1.29, 1.82) is 0 Å². The smallest absolute Gasteiger partial charge is 0.0701 e. The van der Waals surface area contributed by atoms with Crippen LogP contribution in [0.5, 0.6) is 0 Å². The monoisotopic (exact) mass is 536 g/mol. The van der Waals surface area contributed by atoms with Gasteiger partial charge in [-0.3, -0.25) is 0 Å². The minimum absolute atomic E-state index is 0.588. The van der Waals surface area contributed by atoms with Gasteiger partial charge in [-0.25, -0.2) is 0 Å². The SMILES string of the molecule is CCCCNCCOCCOCCOCCOCCN(CC)c1ccc(I)c(C)c1. The van der Waals surface area contributed by atoms with Crippen LogP contribution in [0.4, 0.5) is 5.69 Å². The summed E-state index contributed by atoms with van der Waals surface area (Å²) in [5.41, 5.74) is 2.57. The van der Waals surface area contributed by atoms with E-state index >= 15 is 0 Å². The van der Waals surface area contributed by atoms with Crippen LogP contribution in [0.25, 0.3) is 0 Å². The fourth-order valence-electron chi connectivity index (χ4n) is 2.80. The number of ether oxygens (including phenoxy) is 4. The largest absolute Gasteiger partial charge is 0.378 e. The molecule has 0 heterocycles. The van der Waals surface area contributed by atoms with Crippen molar-refractivity contribution in [1.82, 2.24) is 5.32 Å². The van der Waals surface area contributed by atoms with Crippen LogP contribution in [0.15, 0.2) is 18.2 Å². The van der Waals surface area contributed by atoms with E-state index in [1.54, 1.807) is 0 Å². The van der Waals surface area contributed by atoms with Crippen LogP contribution < -0.4 is 10.2 Å². The zero-order valence-electron chi connectivity index (χ0n) is 19.1. The molecule has 0 aromatic heterocycles. The molecule has 1 aromatic rings. The predicted molar refractivity (Wildman–Crippen MR) is 133 cm³/mol. The highest BCUT2D eigenvalue weighted by Crippen LogP contribution is 2.20. The van der Waals surface area contributed by atoms with Gasteiger partial charge in [0.1, 0.15) is 0 Å². The number of unbranched alkanes of at least 4 members (excludes halogenated alkanes) is 1. The number of hydrogen-bond donors (Lipinski definition) is 1. The molecule has 0 saturated carbocycles. The van der Waals surface area contributed by atoms with E-state index in [1.165, 1.54) is 27.7 Å². The summed E-state index contributed by atoms with van der Waals surface area (Å²) in [4.78, 5) is 2.33. The van der Waals surface area contributed by atoms with Gasteiger partial charge in [0.05, 0.1) is 52.9 Å². The van der Waals surface area contributed by atoms with E-state index in [2.05, 4.69) is 71.8 Å². The minimum atomic E-state index is 0.588. The first-order valence-electron chi connectivity index (χ1n) is 11.2. The zero-order chi connectivity index (χ0) is 21.9. The van der Waals surface area contributed by atoms with Crippen LogP contribution in [0.1, 0.15) is 32.3 Å². The second-order valence-electron chi connectivity index (χ2n) is 7.07. The minimum Gasteiger partial charge on any atom is -0.378 e. The summed E-state index contributed by atoms with van der Waals surface area (Å²) in [5, 5.41) is 3.35. The third-order valence-corrected chi connectivity index (χ3v) is 5.85. The number of benzene rings is 1. The Balaban J connectivity index is 1.88. The molecule has 0 aliphatic rings. The Morgan fingerprint density at radius 2 is 1.43 bits per heavy atom. The highest BCUT2D eigenvalue weighted by molar-refractivity contribution is 14.1. The fourth-order valence-corrected chi connectivity index (χ4v) is 3.14. The maximum Gasteiger partial charge on any atom is 0.0701 e. The van der Waals surface area contributed by atoms with Gasteiger partial charge in [-0.2, -0.15) is 0 Å². The van der Waals surface area contributed by atoms with Crippen molar-refractivity contribution in [3.05, 3.63) is 27.3 Å². The standard InChI is InChI=1S/C23H41IN2O4/c1-4-6-9-25-10-12-27-14-16-29-18-19-30-17-15-28-13-11-26(5-2)22-7-8-23(24)21(3)20-22/h7-8,20,25H,4-6,9-19H2,1-3H3. The molecule has 0 amide bonds. The number of aryl methyl sites for hydroxylation is 1. The number of likely N-dealkylation sites (N-methyl/N-ethyl adjacent to an activating group) is 1. The highest BCUT2D eigenvalue weighted by atomic mass is 127. The van der Waals surface area contributed by atoms with Crippen molar-refractivity contribution in [2.45, 2.75) is 33.6 Å². The first-order chi connectivity index (χ1) is 14.7. The Kier molecular flexibility index (Phi) is 17.7. The third-order valence-electron chi connectivity index (χ3n) is 4.64. The summed E-state index contributed by atoms with van der Waals surface area (Å²) in [6, 6.07) is 6.59. The molecule has 0 aliphatic heterocycles. The average Bonchev–Trinajstić information content (AvgIpc) is 2.75. The van der Waals surface area contributed by atoms with E-state index in [-0.39, 0.29) is 0 Å². The van der Waals surface area contributed by atoms with Gasteiger partial charge < -0.3 is 29.2 Å². The third kappa shape index (κ3) is 13.8. The maximum atomic E-state index is 5.71. The molecule has 30 heavy (non-hydrogen) atoms. The average molecular weight is 536 g/mol. The lowest BCUT2D eigenvalue weighted by molar-refractivity contribution is -0.000709. The molecule has 174 valence electrons. The lowest BCUT2D eigenvalue weighted by Crippen LogP contribution is -2.27. The molecular formula is C23H41IN2O4. The van der Waals surface area contributed by atoms with E-state index in [1.807, 2.05) is 0 Å². The van der Waals surface area contributed by atoms with Crippen LogP contribution in [0.2, 0.25) is 0 Å². The van der Waals surface area contributed by atoms with Gasteiger partial charge in [-0.15, -0.1) is 0 Å². The van der Waals surface area contributed by atoms with E-state index in [0.29, 0.717) is 46.2 Å². The second kappa shape index (κ2) is 19.3. The molecule has 1 N–H and O–H groups in total. The number of halogens is 1. The molecule has 0 saturated heterocycles. The van der Waals surface area contributed by atoms with Crippen LogP contribution in [-0.4, -0.2) is 79.0 Å². The molecule has 0 unspecified atom stereocenters. The van der Waals surface area contributed by atoms with Crippen molar-refractivity contribution < 1.29 is 18.9 Å². The molecule has 0 atom stereocenters. The summed E-state index contributed by atoms with van der Waals surface area (Å²) >= 11 is 2.37. The van der Waals surface area contributed by atoms with Crippen molar-refractivity contribution in [2.24, 2.45) is 0 Å². The first-order valence-corrected chi connectivity index (χ1v) is 12.3. The quantitative estimate of drug-likeness (QED) is 0.202. The van der Waals surface area contributed by atoms with Gasteiger partial charge in [-0.1, -0.05) is 13.3 Å². The van der Waals surface area contributed by atoms with Gasteiger partial charge in [0, 0.05) is 28.9 Å².